The van der Waals surface area contributed by atoms with Crippen molar-refractivity contribution in [1.82, 2.24) is 4.90 Å². The van der Waals surface area contributed by atoms with Crippen LogP contribution >= 0.6 is 0 Å². The Morgan fingerprint density at radius 2 is 1.79 bits per heavy atom. The van der Waals surface area contributed by atoms with Gasteiger partial charge in [0, 0.05) is 20.0 Å². The van der Waals surface area contributed by atoms with Crippen molar-refractivity contribution in [1.29, 1.82) is 0 Å². The molecule has 2 heteroatoms. The lowest BCUT2D eigenvalue weighted by Gasteiger charge is -2.27. The van der Waals surface area contributed by atoms with Gasteiger partial charge in [0.05, 0.1) is 0 Å². The summed E-state index contributed by atoms with van der Waals surface area (Å²) in [5.74, 6) is 0.963. The predicted molar refractivity (Wildman–Crippen MR) is 61.2 cm³/mol. The van der Waals surface area contributed by atoms with Crippen molar-refractivity contribution in [3.63, 3.8) is 0 Å². The number of hydrogen-bond acceptors (Lipinski definition) is 1. The van der Waals surface area contributed by atoms with Crippen molar-refractivity contribution in [3.05, 3.63) is 0 Å². The van der Waals surface area contributed by atoms with Crippen LogP contribution in [0, 0.1) is 5.92 Å². The molecular weight excluding hydrogens is 174 g/mol. The Morgan fingerprint density at radius 1 is 1.21 bits per heavy atom. The quantitative estimate of drug-likeness (QED) is 0.644. The van der Waals surface area contributed by atoms with Crippen molar-refractivity contribution in [3.8, 4) is 0 Å². The van der Waals surface area contributed by atoms with Crippen molar-refractivity contribution in [2.45, 2.75) is 59.4 Å². The van der Waals surface area contributed by atoms with Crippen LogP contribution in [-0.4, -0.2) is 23.9 Å². The molecule has 14 heavy (non-hydrogen) atoms. The third-order valence-electron chi connectivity index (χ3n) is 3.21. The Kier molecular flexibility index (Phi) is 6.60. The van der Waals surface area contributed by atoms with Gasteiger partial charge in [-0.05, 0) is 25.2 Å². The first-order valence-electron chi connectivity index (χ1n) is 5.76. The molecule has 84 valence electrons. The van der Waals surface area contributed by atoms with Crippen LogP contribution in [0.2, 0.25) is 0 Å². The van der Waals surface area contributed by atoms with Gasteiger partial charge in [0.25, 0.3) is 0 Å². The molecular formula is C12H25NO. The Labute approximate surface area is 88.7 Å². The van der Waals surface area contributed by atoms with Gasteiger partial charge in [-0.2, -0.15) is 0 Å². The van der Waals surface area contributed by atoms with E-state index in [2.05, 4.69) is 20.8 Å². The topological polar surface area (TPSA) is 20.3 Å². The summed E-state index contributed by atoms with van der Waals surface area (Å²) in [4.78, 5) is 13.1. The standard InChI is InChI=1S/C12H25NO/c1-6-10(3)8-9-12(7-2)13(5)11(4)14/h10,12H,6-9H2,1-5H3. The van der Waals surface area contributed by atoms with Crippen LogP contribution < -0.4 is 0 Å². The average molecular weight is 199 g/mol. The largest absolute Gasteiger partial charge is 0.343 e. The molecule has 2 unspecified atom stereocenters. The first-order valence-corrected chi connectivity index (χ1v) is 5.76. The van der Waals surface area contributed by atoms with Gasteiger partial charge >= 0.3 is 0 Å². The molecule has 0 fully saturated rings. The summed E-state index contributed by atoms with van der Waals surface area (Å²) < 4.78 is 0. The zero-order chi connectivity index (χ0) is 11.1. The molecule has 2 nitrogen and oxygen atoms in total. The highest BCUT2D eigenvalue weighted by molar-refractivity contribution is 5.73. The molecule has 0 spiro atoms. The smallest absolute Gasteiger partial charge is 0.219 e. The first-order chi connectivity index (χ1) is 6.52. The highest BCUT2D eigenvalue weighted by atomic mass is 16.2. The second kappa shape index (κ2) is 6.86. The van der Waals surface area contributed by atoms with E-state index in [0.29, 0.717) is 6.04 Å². The molecule has 1 amide bonds. The fourth-order valence-corrected chi connectivity index (χ4v) is 1.61. The second-order valence-electron chi connectivity index (χ2n) is 4.28. The van der Waals surface area contributed by atoms with Gasteiger partial charge in [-0.15, -0.1) is 0 Å². The van der Waals surface area contributed by atoms with Crippen molar-refractivity contribution >= 4 is 5.91 Å². The third-order valence-corrected chi connectivity index (χ3v) is 3.21. The Bertz CT molecular complexity index is 168. The van der Waals surface area contributed by atoms with E-state index in [1.807, 2.05) is 11.9 Å². The lowest BCUT2D eigenvalue weighted by molar-refractivity contribution is -0.129. The Hall–Kier alpha value is -0.530. The molecule has 0 aromatic carbocycles. The van der Waals surface area contributed by atoms with E-state index in [9.17, 15) is 4.79 Å². The normalized spacial score (nSPS) is 14.9. The highest BCUT2D eigenvalue weighted by Crippen LogP contribution is 2.16. The van der Waals surface area contributed by atoms with E-state index in [1.54, 1.807) is 6.92 Å². The van der Waals surface area contributed by atoms with Gasteiger partial charge in [0.2, 0.25) is 5.91 Å². The molecule has 0 aliphatic rings. The Morgan fingerprint density at radius 3 is 2.14 bits per heavy atom. The summed E-state index contributed by atoms with van der Waals surface area (Å²) >= 11 is 0. The molecule has 0 aliphatic carbocycles. The molecule has 0 N–H and O–H groups in total. The summed E-state index contributed by atoms with van der Waals surface area (Å²) in [6.07, 6.45) is 4.67. The van der Waals surface area contributed by atoms with E-state index in [-0.39, 0.29) is 5.91 Å². The molecule has 0 radical (unpaired) electrons. The summed E-state index contributed by atoms with van der Waals surface area (Å²) in [6, 6.07) is 0.432. The van der Waals surface area contributed by atoms with Crippen LogP contribution in [0.15, 0.2) is 0 Å². The lowest BCUT2D eigenvalue weighted by atomic mass is 9.97. The van der Waals surface area contributed by atoms with E-state index in [4.69, 9.17) is 0 Å². The van der Waals surface area contributed by atoms with Crippen LogP contribution in [0.1, 0.15) is 53.4 Å². The summed E-state index contributed by atoms with van der Waals surface area (Å²) in [7, 11) is 1.91. The van der Waals surface area contributed by atoms with Crippen LogP contribution in [0.25, 0.3) is 0 Å². The fourth-order valence-electron chi connectivity index (χ4n) is 1.61. The lowest BCUT2D eigenvalue weighted by Crippen LogP contribution is -2.35. The molecule has 0 saturated carbocycles. The van der Waals surface area contributed by atoms with E-state index < -0.39 is 0 Å². The minimum Gasteiger partial charge on any atom is -0.343 e. The number of nitrogens with zero attached hydrogens (tertiary/aromatic N) is 1. The molecule has 0 heterocycles. The van der Waals surface area contributed by atoms with Crippen LogP contribution in [-0.2, 0) is 4.79 Å². The zero-order valence-electron chi connectivity index (χ0n) is 10.3. The summed E-state index contributed by atoms with van der Waals surface area (Å²) in [5, 5.41) is 0. The average Bonchev–Trinajstić information content (AvgIpc) is 2.17. The maximum Gasteiger partial charge on any atom is 0.219 e. The number of carbonyl (C=O) groups excluding carboxylic acids is 1. The SMILES string of the molecule is CCC(C)CCC(CC)N(C)C(C)=O. The number of carbonyl (C=O) groups is 1. The molecule has 0 rings (SSSR count). The van der Waals surface area contributed by atoms with Crippen molar-refractivity contribution in [2.75, 3.05) is 7.05 Å². The molecule has 0 saturated heterocycles. The van der Waals surface area contributed by atoms with Gasteiger partial charge in [-0.25, -0.2) is 0 Å². The number of hydrogen-bond donors (Lipinski definition) is 0. The second-order valence-corrected chi connectivity index (χ2v) is 4.28. The number of amides is 1. The van der Waals surface area contributed by atoms with Crippen molar-refractivity contribution in [2.24, 2.45) is 5.92 Å². The Balaban J connectivity index is 3.96. The van der Waals surface area contributed by atoms with E-state index in [0.717, 1.165) is 18.8 Å². The molecule has 2 atom stereocenters. The predicted octanol–water partition coefficient (Wildman–Crippen LogP) is 3.07. The van der Waals surface area contributed by atoms with Gasteiger partial charge in [0.1, 0.15) is 0 Å². The molecule has 0 bridgehead atoms. The molecule has 0 aromatic heterocycles. The van der Waals surface area contributed by atoms with E-state index in [1.165, 1.54) is 12.8 Å². The van der Waals surface area contributed by atoms with Gasteiger partial charge < -0.3 is 4.90 Å². The zero-order valence-corrected chi connectivity index (χ0v) is 10.3. The maximum atomic E-state index is 11.2. The number of rotatable bonds is 6. The minimum atomic E-state index is 0.181. The van der Waals surface area contributed by atoms with E-state index >= 15 is 0 Å². The molecule has 0 aliphatic heterocycles. The first kappa shape index (κ1) is 13.5. The third kappa shape index (κ3) is 4.64. The van der Waals surface area contributed by atoms with Gasteiger partial charge in [-0.1, -0.05) is 27.2 Å². The van der Waals surface area contributed by atoms with Crippen LogP contribution in [0.4, 0.5) is 0 Å². The minimum absolute atomic E-state index is 0.181. The highest BCUT2D eigenvalue weighted by Gasteiger charge is 2.15. The van der Waals surface area contributed by atoms with Crippen LogP contribution in [0.5, 0.6) is 0 Å². The summed E-state index contributed by atoms with van der Waals surface area (Å²) in [5.41, 5.74) is 0. The monoisotopic (exact) mass is 199 g/mol. The maximum absolute atomic E-state index is 11.2. The van der Waals surface area contributed by atoms with Crippen LogP contribution in [0.3, 0.4) is 0 Å². The van der Waals surface area contributed by atoms with Gasteiger partial charge in [-0.3, -0.25) is 4.79 Å². The van der Waals surface area contributed by atoms with Crippen molar-refractivity contribution < 1.29 is 4.79 Å². The molecule has 0 aromatic rings. The fraction of sp³-hybridized carbons (Fsp3) is 0.917. The summed E-state index contributed by atoms with van der Waals surface area (Å²) in [6.45, 7) is 8.30. The van der Waals surface area contributed by atoms with Gasteiger partial charge in [0.15, 0.2) is 0 Å².